The predicted molar refractivity (Wildman–Crippen MR) is 86.8 cm³/mol. The molecular weight excluding hydrogens is 343 g/mol. The Kier molecular flexibility index (Phi) is 5.19. The van der Waals surface area contributed by atoms with Gasteiger partial charge in [0, 0.05) is 11.3 Å². The molecule has 2 rings (SSSR count). The summed E-state index contributed by atoms with van der Waals surface area (Å²) in [7, 11) is 0. The summed E-state index contributed by atoms with van der Waals surface area (Å²) in [6.07, 6.45) is -3.10. The average Bonchev–Trinajstić information content (AvgIpc) is 2.48. The zero-order valence-corrected chi connectivity index (χ0v) is 13.2. The van der Waals surface area contributed by atoms with Gasteiger partial charge in [-0.1, -0.05) is 23.7 Å². The minimum absolute atomic E-state index is 0.0135. The van der Waals surface area contributed by atoms with E-state index in [1.807, 2.05) is 0 Å². The molecule has 0 heterocycles. The van der Waals surface area contributed by atoms with E-state index in [1.54, 1.807) is 12.1 Å². The maximum absolute atomic E-state index is 12.8. The summed E-state index contributed by atoms with van der Waals surface area (Å²) in [5.41, 5.74) is -0.171. The van der Waals surface area contributed by atoms with Crippen LogP contribution < -0.4 is 5.32 Å². The number of benzene rings is 2. The van der Waals surface area contributed by atoms with Crippen LogP contribution in [0.3, 0.4) is 0 Å². The monoisotopic (exact) mass is 355 g/mol. The second-order valence-corrected chi connectivity index (χ2v) is 5.48. The highest BCUT2D eigenvalue weighted by Crippen LogP contribution is 2.36. The standard InChI is InChI=1S/C17H13ClF3NO2/c1-10(7-11-3-2-4-13(23)8-11)16(24)22-12-5-6-15(18)14(9-12)17(19,20)21/h2-9,23H,1H3,(H,22,24)/b10-7+. The third-order valence-electron chi connectivity index (χ3n) is 3.14. The molecule has 2 N–H and O–H groups in total. The summed E-state index contributed by atoms with van der Waals surface area (Å²) < 4.78 is 38.5. The van der Waals surface area contributed by atoms with Crippen LogP contribution >= 0.6 is 11.6 Å². The van der Waals surface area contributed by atoms with Crippen LogP contribution in [0.25, 0.3) is 6.08 Å². The number of carbonyl (C=O) groups excluding carboxylic acids is 1. The zero-order chi connectivity index (χ0) is 17.9. The minimum Gasteiger partial charge on any atom is -0.508 e. The molecule has 24 heavy (non-hydrogen) atoms. The Balaban J connectivity index is 2.20. The molecule has 0 spiro atoms. The summed E-state index contributed by atoms with van der Waals surface area (Å²) >= 11 is 5.53. The highest BCUT2D eigenvalue weighted by molar-refractivity contribution is 6.31. The Labute approximate surface area is 141 Å². The number of nitrogens with one attached hydrogen (secondary N) is 1. The van der Waals surface area contributed by atoms with E-state index in [2.05, 4.69) is 5.32 Å². The number of phenols is 1. The third kappa shape index (κ3) is 4.52. The molecule has 0 bridgehead atoms. The van der Waals surface area contributed by atoms with Crippen molar-refractivity contribution in [2.24, 2.45) is 0 Å². The number of amides is 1. The van der Waals surface area contributed by atoms with Gasteiger partial charge in [0.25, 0.3) is 5.91 Å². The maximum Gasteiger partial charge on any atom is 0.417 e. The van der Waals surface area contributed by atoms with E-state index in [1.165, 1.54) is 31.2 Å². The van der Waals surface area contributed by atoms with Gasteiger partial charge < -0.3 is 10.4 Å². The molecule has 0 atom stereocenters. The number of hydrogen-bond donors (Lipinski definition) is 2. The van der Waals surface area contributed by atoms with E-state index in [-0.39, 0.29) is 17.0 Å². The maximum atomic E-state index is 12.8. The lowest BCUT2D eigenvalue weighted by Gasteiger charge is -2.12. The number of anilines is 1. The number of aromatic hydroxyl groups is 1. The molecule has 3 nitrogen and oxygen atoms in total. The number of carbonyl (C=O) groups is 1. The first-order valence-electron chi connectivity index (χ1n) is 6.82. The third-order valence-corrected chi connectivity index (χ3v) is 3.47. The summed E-state index contributed by atoms with van der Waals surface area (Å²) in [4.78, 5) is 12.1. The molecule has 0 fully saturated rings. The molecule has 0 saturated heterocycles. The average molecular weight is 356 g/mol. The second kappa shape index (κ2) is 6.97. The van der Waals surface area contributed by atoms with Gasteiger partial charge in [-0.15, -0.1) is 0 Å². The van der Waals surface area contributed by atoms with Crippen LogP contribution in [0.1, 0.15) is 18.1 Å². The topological polar surface area (TPSA) is 49.3 Å². The lowest BCUT2D eigenvalue weighted by Crippen LogP contribution is -2.14. The van der Waals surface area contributed by atoms with Crippen LogP contribution in [-0.2, 0) is 11.0 Å². The lowest BCUT2D eigenvalue weighted by molar-refractivity contribution is -0.137. The molecule has 2 aromatic rings. The summed E-state index contributed by atoms with van der Waals surface area (Å²) in [6.45, 7) is 1.51. The van der Waals surface area contributed by atoms with Gasteiger partial charge in [0.05, 0.1) is 10.6 Å². The highest BCUT2D eigenvalue weighted by atomic mass is 35.5. The lowest BCUT2D eigenvalue weighted by atomic mass is 10.1. The Morgan fingerprint density at radius 3 is 2.54 bits per heavy atom. The van der Waals surface area contributed by atoms with Crippen LogP contribution in [0.4, 0.5) is 18.9 Å². The number of rotatable bonds is 3. The van der Waals surface area contributed by atoms with E-state index in [9.17, 15) is 23.1 Å². The Bertz CT molecular complexity index is 801. The first-order chi connectivity index (χ1) is 11.2. The van der Waals surface area contributed by atoms with E-state index in [4.69, 9.17) is 11.6 Å². The fraction of sp³-hybridized carbons (Fsp3) is 0.118. The molecule has 0 radical (unpaired) electrons. The molecule has 0 aliphatic carbocycles. The summed E-state index contributed by atoms with van der Waals surface area (Å²) in [5, 5.41) is 11.3. The minimum atomic E-state index is -4.61. The van der Waals surface area contributed by atoms with Gasteiger partial charge in [-0.2, -0.15) is 13.2 Å². The van der Waals surface area contributed by atoms with E-state index in [0.717, 1.165) is 12.1 Å². The van der Waals surface area contributed by atoms with Crippen molar-refractivity contribution in [1.82, 2.24) is 0 Å². The van der Waals surface area contributed by atoms with Crippen molar-refractivity contribution in [1.29, 1.82) is 0 Å². The van der Waals surface area contributed by atoms with Crippen molar-refractivity contribution >= 4 is 29.3 Å². The number of hydrogen-bond acceptors (Lipinski definition) is 2. The van der Waals surface area contributed by atoms with Crippen LogP contribution in [0.2, 0.25) is 5.02 Å². The molecule has 2 aromatic carbocycles. The van der Waals surface area contributed by atoms with Gasteiger partial charge in [0.1, 0.15) is 5.75 Å². The fourth-order valence-electron chi connectivity index (χ4n) is 1.98. The molecule has 0 aromatic heterocycles. The quantitative estimate of drug-likeness (QED) is 0.752. The largest absolute Gasteiger partial charge is 0.508 e. The van der Waals surface area contributed by atoms with Gasteiger partial charge in [0.15, 0.2) is 0 Å². The number of phenolic OH excluding ortho intramolecular Hbond substituents is 1. The molecule has 0 unspecified atom stereocenters. The van der Waals surface area contributed by atoms with E-state index >= 15 is 0 Å². The molecular formula is C17H13ClF3NO2. The Morgan fingerprint density at radius 1 is 1.21 bits per heavy atom. The van der Waals surface area contributed by atoms with Crippen molar-refractivity contribution in [3.05, 3.63) is 64.2 Å². The Morgan fingerprint density at radius 2 is 1.92 bits per heavy atom. The first kappa shape index (κ1) is 17.9. The molecule has 0 aliphatic heterocycles. The molecule has 1 amide bonds. The normalized spacial score (nSPS) is 12.1. The van der Waals surface area contributed by atoms with Crippen molar-refractivity contribution in [2.45, 2.75) is 13.1 Å². The molecule has 0 saturated carbocycles. The fourth-order valence-corrected chi connectivity index (χ4v) is 2.20. The predicted octanol–water partition coefficient (Wildman–Crippen LogP) is 5.11. The first-order valence-corrected chi connectivity index (χ1v) is 7.20. The van der Waals surface area contributed by atoms with E-state index in [0.29, 0.717) is 5.56 Å². The van der Waals surface area contributed by atoms with Gasteiger partial charge in [0.2, 0.25) is 0 Å². The van der Waals surface area contributed by atoms with Crippen molar-refractivity contribution in [3.63, 3.8) is 0 Å². The SMILES string of the molecule is C/C(=C\c1cccc(O)c1)C(=O)Nc1ccc(Cl)c(C(F)(F)F)c1. The van der Waals surface area contributed by atoms with Gasteiger partial charge in [-0.25, -0.2) is 0 Å². The molecule has 126 valence electrons. The second-order valence-electron chi connectivity index (χ2n) is 5.07. The summed E-state index contributed by atoms with van der Waals surface area (Å²) in [5.74, 6) is -0.515. The molecule has 7 heteroatoms. The van der Waals surface area contributed by atoms with Gasteiger partial charge >= 0.3 is 6.18 Å². The van der Waals surface area contributed by atoms with Crippen LogP contribution in [0.5, 0.6) is 5.75 Å². The Hall–Kier alpha value is -2.47. The molecule has 0 aliphatic rings. The summed E-state index contributed by atoms with van der Waals surface area (Å²) in [6, 6.07) is 9.38. The van der Waals surface area contributed by atoms with Crippen LogP contribution in [0, 0.1) is 0 Å². The van der Waals surface area contributed by atoms with Crippen molar-refractivity contribution < 1.29 is 23.1 Å². The zero-order valence-electron chi connectivity index (χ0n) is 12.5. The van der Waals surface area contributed by atoms with Crippen LogP contribution in [0.15, 0.2) is 48.0 Å². The van der Waals surface area contributed by atoms with Crippen molar-refractivity contribution in [2.75, 3.05) is 5.32 Å². The van der Waals surface area contributed by atoms with Gasteiger partial charge in [-0.05, 0) is 48.9 Å². The smallest absolute Gasteiger partial charge is 0.417 e. The number of alkyl halides is 3. The van der Waals surface area contributed by atoms with Crippen LogP contribution in [-0.4, -0.2) is 11.0 Å². The highest BCUT2D eigenvalue weighted by Gasteiger charge is 2.33. The van der Waals surface area contributed by atoms with Gasteiger partial charge in [-0.3, -0.25) is 4.79 Å². The van der Waals surface area contributed by atoms with E-state index < -0.39 is 22.7 Å². The van der Waals surface area contributed by atoms with Crippen molar-refractivity contribution in [3.8, 4) is 5.75 Å². The number of halogens is 4.